The molecule has 0 fully saturated rings. The minimum atomic E-state index is -0.193. The Kier molecular flexibility index (Phi) is 6.14. The highest BCUT2D eigenvalue weighted by Crippen LogP contribution is 2.24. The zero-order valence-corrected chi connectivity index (χ0v) is 18.3. The predicted molar refractivity (Wildman–Crippen MR) is 127 cm³/mol. The molecule has 0 aliphatic carbocycles. The van der Waals surface area contributed by atoms with Crippen LogP contribution in [0.15, 0.2) is 79.1 Å². The third-order valence-electron chi connectivity index (χ3n) is 5.00. The van der Waals surface area contributed by atoms with Gasteiger partial charge in [-0.05, 0) is 61.2 Å². The number of nitrogens with zero attached hydrogens (tertiary/aromatic N) is 3. The van der Waals surface area contributed by atoms with Gasteiger partial charge in [0.25, 0.3) is 5.91 Å². The fourth-order valence-electron chi connectivity index (χ4n) is 3.43. The molecule has 2 aromatic carbocycles. The smallest absolute Gasteiger partial charge is 0.259 e. The van der Waals surface area contributed by atoms with Gasteiger partial charge >= 0.3 is 0 Å². The van der Waals surface area contributed by atoms with E-state index in [0.717, 1.165) is 16.9 Å². The van der Waals surface area contributed by atoms with E-state index in [1.165, 1.54) is 5.56 Å². The minimum Gasteiger partial charge on any atom is -0.322 e. The summed E-state index contributed by atoms with van der Waals surface area (Å²) in [6.07, 6.45) is 3.35. The third-order valence-corrected chi connectivity index (χ3v) is 5.00. The number of carbonyl (C=O) groups excluding carboxylic acids is 1. The van der Waals surface area contributed by atoms with Crippen molar-refractivity contribution in [1.82, 2.24) is 14.8 Å². The summed E-state index contributed by atoms with van der Waals surface area (Å²) in [5.41, 5.74) is 5.73. The molecular formula is C27H24N4O. The lowest BCUT2D eigenvalue weighted by molar-refractivity contribution is 0.102. The van der Waals surface area contributed by atoms with E-state index in [9.17, 15) is 4.79 Å². The van der Waals surface area contributed by atoms with Crippen LogP contribution in [-0.4, -0.2) is 20.7 Å². The Hall–Kier alpha value is -4.17. The lowest BCUT2D eigenvalue weighted by Crippen LogP contribution is -2.15. The molecule has 2 aromatic heterocycles. The van der Waals surface area contributed by atoms with Crippen LogP contribution in [0.2, 0.25) is 0 Å². The van der Waals surface area contributed by atoms with E-state index in [4.69, 9.17) is 0 Å². The number of aromatic nitrogens is 3. The van der Waals surface area contributed by atoms with E-state index in [2.05, 4.69) is 41.1 Å². The van der Waals surface area contributed by atoms with Gasteiger partial charge in [0.15, 0.2) is 0 Å². The molecule has 158 valence electrons. The summed E-state index contributed by atoms with van der Waals surface area (Å²) in [4.78, 5) is 17.3. The molecule has 0 bridgehead atoms. The van der Waals surface area contributed by atoms with Crippen molar-refractivity contribution in [2.75, 3.05) is 5.32 Å². The molecule has 2 heterocycles. The average Bonchev–Trinajstić information content (AvgIpc) is 3.25. The maximum atomic E-state index is 13.1. The second kappa shape index (κ2) is 9.32. The van der Waals surface area contributed by atoms with Crippen LogP contribution in [0.1, 0.15) is 52.6 Å². The second-order valence-electron chi connectivity index (χ2n) is 7.85. The van der Waals surface area contributed by atoms with Crippen LogP contribution in [0.3, 0.4) is 0 Å². The van der Waals surface area contributed by atoms with Crippen LogP contribution in [0.4, 0.5) is 5.69 Å². The number of aryl methyl sites for hydroxylation is 1. The Bertz CT molecular complexity index is 1290. The van der Waals surface area contributed by atoms with Crippen LogP contribution in [0.5, 0.6) is 0 Å². The van der Waals surface area contributed by atoms with Gasteiger partial charge in [0, 0.05) is 17.4 Å². The minimum absolute atomic E-state index is 0.120. The largest absolute Gasteiger partial charge is 0.322 e. The lowest BCUT2D eigenvalue weighted by Gasteiger charge is -2.13. The summed E-state index contributed by atoms with van der Waals surface area (Å²) < 4.78 is 1.84. The monoisotopic (exact) mass is 420 g/mol. The van der Waals surface area contributed by atoms with Crippen molar-refractivity contribution in [3.63, 3.8) is 0 Å². The van der Waals surface area contributed by atoms with E-state index in [1.54, 1.807) is 12.4 Å². The van der Waals surface area contributed by atoms with Gasteiger partial charge in [-0.3, -0.25) is 4.79 Å². The van der Waals surface area contributed by atoms with Gasteiger partial charge in [-0.15, -0.1) is 0 Å². The van der Waals surface area contributed by atoms with Crippen molar-refractivity contribution in [3.8, 4) is 17.5 Å². The number of pyridine rings is 1. The van der Waals surface area contributed by atoms with E-state index in [-0.39, 0.29) is 11.8 Å². The first kappa shape index (κ1) is 21.1. The normalized spacial score (nSPS) is 10.5. The molecule has 1 amide bonds. The SMILES string of the molecule is Cc1ccc(-n2ncc(C(=O)Nc3cccc(C#Cc4ccccn4)c3)c2C(C)C)cc1. The van der Waals surface area contributed by atoms with Crippen LogP contribution in [0, 0.1) is 18.8 Å². The molecule has 0 unspecified atom stereocenters. The number of carbonyl (C=O) groups is 1. The van der Waals surface area contributed by atoms with Crippen molar-refractivity contribution in [1.29, 1.82) is 0 Å². The van der Waals surface area contributed by atoms with Crippen molar-refractivity contribution in [2.24, 2.45) is 0 Å². The summed E-state index contributed by atoms with van der Waals surface area (Å²) in [6, 6.07) is 21.2. The lowest BCUT2D eigenvalue weighted by atomic mass is 10.0. The molecule has 0 radical (unpaired) electrons. The number of benzene rings is 2. The molecule has 0 aliphatic rings. The fraction of sp³-hybridized carbons (Fsp3) is 0.148. The molecule has 5 heteroatoms. The summed E-state index contributed by atoms with van der Waals surface area (Å²) in [5.74, 6) is 6.06. The number of rotatable bonds is 4. The van der Waals surface area contributed by atoms with Gasteiger partial charge < -0.3 is 5.32 Å². The average molecular weight is 421 g/mol. The highest BCUT2D eigenvalue weighted by Gasteiger charge is 2.21. The van der Waals surface area contributed by atoms with Gasteiger partial charge in [-0.25, -0.2) is 9.67 Å². The Balaban J connectivity index is 1.58. The molecule has 0 saturated carbocycles. The second-order valence-corrected chi connectivity index (χ2v) is 7.85. The number of amides is 1. The standard InChI is InChI=1S/C27H24N4O/c1-19(2)26-25(18-29-31(26)24-14-10-20(3)11-15-24)27(32)30-23-9-6-7-21(17-23)12-13-22-8-4-5-16-28-22/h4-11,14-19H,1-3H3,(H,30,32). The van der Waals surface area contributed by atoms with Crippen LogP contribution < -0.4 is 5.32 Å². The molecular weight excluding hydrogens is 396 g/mol. The number of anilines is 1. The summed E-state index contributed by atoms with van der Waals surface area (Å²) in [5, 5.41) is 7.50. The zero-order valence-electron chi connectivity index (χ0n) is 18.3. The first-order valence-electron chi connectivity index (χ1n) is 10.5. The predicted octanol–water partition coefficient (Wildman–Crippen LogP) is 5.35. The quantitative estimate of drug-likeness (QED) is 0.453. The Morgan fingerprint density at radius 1 is 1.00 bits per heavy atom. The molecule has 4 rings (SSSR count). The van der Waals surface area contributed by atoms with E-state index in [1.807, 2.05) is 78.3 Å². The number of hydrogen-bond acceptors (Lipinski definition) is 3. The summed E-state index contributed by atoms with van der Waals surface area (Å²) in [7, 11) is 0. The van der Waals surface area contributed by atoms with Crippen molar-refractivity contribution < 1.29 is 4.79 Å². The van der Waals surface area contributed by atoms with Crippen molar-refractivity contribution in [2.45, 2.75) is 26.7 Å². The Labute approximate surface area is 188 Å². The van der Waals surface area contributed by atoms with Gasteiger partial charge in [0.1, 0.15) is 5.69 Å². The molecule has 0 saturated heterocycles. The van der Waals surface area contributed by atoms with E-state index in [0.29, 0.717) is 16.9 Å². The van der Waals surface area contributed by atoms with Gasteiger partial charge in [0.05, 0.1) is 23.1 Å². The topological polar surface area (TPSA) is 59.8 Å². The summed E-state index contributed by atoms with van der Waals surface area (Å²) in [6.45, 7) is 6.17. The number of nitrogens with one attached hydrogen (secondary N) is 1. The maximum Gasteiger partial charge on any atom is 0.259 e. The molecule has 0 atom stereocenters. The van der Waals surface area contributed by atoms with Gasteiger partial charge in [0.2, 0.25) is 0 Å². The van der Waals surface area contributed by atoms with Crippen LogP contribution in [0.25, 0.3) is 5.69 Å². The molecule has 1 N–H and O–H groups in total. The van der Waals surface area contributed by atoms with Crippen LogP contribution in [-0.2, 0) is 0 Å². The third kappa shape index (κ3) is 4.76. The van der Waals surface area contributed by atoms with E-state index < -0.39 is 0 Å². The zero-order chi connectivity index (χ0) is 22.5. The van der Waals surface area contributed by atoms with Crippen LogP contribution >= 0.6 is 0 Å². The maximum absolute atomic E-state index is 13.1. The molecule has 0 spiro atoms. The molecule has 0 aliphatic heterocycles. The Morgan fingerprint density at radius 2 is 1.81 bits per heavy atom. The van der Waals surface area contributed by atoms with Crippen molar-refractivity contribution in [3.05, 3.63) is 107 Å². The molecule has 4 aromatic rings. The molecule has 5 nitrogen and oxygen atoms in total. The fourth-order valence-corrected chi connectivity index (χ4v) is 3.43. The first-order chi connectivity index (χ1) is 15.5. The molecule has 32 heavy (non-hydrogen) atoms. The van der Waals surface area contributed by atoms with Gasteiger partial charge in [-0.1, -0.05) is 49.6 Å². The highest BCUT2D eigenvalue weighted by molar-refractivity contribution is 6.05. The van der Waals surface area contributed by atoms with Gasteiger partial charge in [-0.2, -0.15) is 5.10 Å². The highest BCUT2D eigenvalue weighted by atomic mass is 16.1. The number of hydrogen-bond donors (Lipinski definition) is 1. The Morgan fingerprint density at radius 3 is 2.53 bits per heavy atom. The van der Waals surface area contributed by atoms with E-state index >= 15 is 0 Å². The first-order valence-corrected chi connectivity index (χ1v) is 10.5. The van der Waals surface area contributed by atoms with Crippen molar-refractivity contribution >= 4 is 11.6 Å². The summed E-state index contributed by atoms with van der Waals surface area (Å²) >= 11 is 0.